The lowest BCUT2D eigenvalue weighted by Gasteiger charge is -2.20. The highest BCUT2D eigenvalue weighted by Gasteiger charge is 2.14. The van der Waals surface area contributed by atoms with Gasteiger partial charge in [0.05, 0.1) is 13.0 Å². The van der Waals surface area contributed by atoms with Gasteiger partial charge in [0, 0.05) is 25.7 Å². The van der Waals surface area contributed by atoms with E-state index in [1.807, 2.05) is 18.2 Å². The molecule has 0 radical (unpaired) electrons. The minimum absolute atomic E-state index is 0.0867. The summed E-state index contributed by atoms with van der Waals surface area (Å²) in [5, 5.41) is 3.54. The molecular formula is C17H28N2O2. The SMILES string of the molecule is CCCNC(CC)c1ccccc1OCCC(=O)N(C)C. The monoisotopic (exact) mass is 292 g/mol. The lowest BCUT2D eigenvalue weighted by molar-refractivity contribution is -0.129. The van der Waals surface area contributed by atoms with E-state index in [2.05, 4.69) is 25.2 Å². The molecule has 1 rings (SSSR count). The summed E-state index contributed by atoms with van der Waals surface area (Å²) in [5.41, 5.74) is 1.17. The van der Waals surface area contributed by atoms with Crippen LogP contribution in [0.3, 0.4) is 0 Å². The summed E-state index contributed by atoms with van der Waals surface area (Å²) in [6.45, 7) is 5.73. The maximum atomic E-state index is 11.6. The Bertz CT molecular complexity index is 433. The maximum Gasteiger partial charge on any atom is 0.225 e. The van der Waals surface area contributed by atoms with Crippen molar-refractivity contribution in [2.24, 2.45) is 0 Å². The van der Waals surface area contributed by atoms with Crippen molar-refractivity contribution >= 4 is 5.91 Å². The van der Waals surface area contributed by atoms with Crippen LogP contribution in [0.4, 0.5) is 0 Å². The lowest BCUT2D eigenvalue weighted by atomic mass is 10.0. The first-order valence-electron chi connectivity index (χ1n) is 7.75. The van der Waals surface area contributed by atoms with E-state index >= 15 is 0 Å². The average Bonchev–Trinajstić information content (AvgIpc) is 2.49. The number of ether oxygens (including phenoxy) is 1. The van der Waals surface area contributed by atoms with Crippen molar-refractivity contribution in [3.63, 3.8) is 0 Å². The van der Waals surface area contributed by atoms with E-state index in [-0.39, 0.29) is 5.91 Å². The van der Waals surface area contributed by atoms with Gasteiger partial charge in [0.2, 0.25) is 5.91 Å². The van der Waals surface area contributed by atoms with Crippen LogP contribution in [0.5, 0.6) is 5.75 Å². The molecule has 0 saturated carbocycles. The predicted octanol–water partition coefficient (Wildman–Crippen LogP) is 2.99. The van der Waals surface area contributed by atoms with Crippen LogP contribution in [0, 0.1) is 0 Å². The van der Waals surface area contributed by atoms with Gasteiger partial charge in [-0.15, -0.1) is 0 Å². The number of hydrogen-bond donors (Lipinski definition) is 1. The summed E-state index contributed by atoms with van der Waals surface area (Å²) in [6.07, 6.45) is 2.52. The normalized spacial score (nSPS) is 12.0. The number of nitrogens with one attached hydrogen (secondary N) is 1. The molecule has 1 N–H and O–H groups in total. The summed E-state index contributed by atoms with van der Waals surface area (Å²) in [7, 11) is 3.52. The second kappa shape index (κ2) is 9.40. The van der Waals surface area contributed by atoms with Crippen LogP contribution in [-0.4, -0.2) is 38.1 Å². The highest BCUT2D eigenvalue weighted by molar-refractivity contribution is 5.75. The first kappa shape index (κ1) is 17.5. The molecule has 1 amide bonds. The van der Waals surface area contributed by atoms with Crippen LogP contribution in [0.25, 0.3) is 0 Å². The molecule has 0 heterocycles. The van der Waals surface area contributed by atoms with Gasteiger partial charge in [-0.2, -0.15) is 0 Å². The molecule has 0 saturated heterocycles. The first-order valence-corrected chi connectivity index (χ1v) is 7.75. The Morgan fingerprint density at radius 1 is 1.29 bits per heavy atom. The second-order valence-electron chi connectivity index (χ2n) is 5.34. The Morgan fingerprint density at radius 2 is 2.00 bits per heavy atom. The van der Waals surface area contributed by atoms with Crippen molar-refractivity contribution in [3.05, 3.63) is 29.8 Å². The average molecular weight is 292 g/mol. The summed E-state index contributed by atoms with van der Waals surface area (Å²) in [4.78, 5) is 13.2. The summed E-state index contributed by atoms with van der Waals surface area (Å²) < 4.78 is 5.83. The molecule has 21 heavy (non-hydrogen) atoms. The van der Waals surface area contributed by atoms with E-state index in [9.17, 15) is 4.79 Å². The minimum Gasteiger partial charge on any atom is -0.493 e. The highest BCUT2D eigenvalue weighted by Crippen LogP contribution is 2.27. The fourth-order valence-corrected chi connectivity index (χ4v) is 2.16. The fourth-order valence-electron chi connectivity index (χ4n) is 2.16. The third-order valence-electron chi connectivity index (χ3n) is 3.42. The molecule has 118 valence electrons. The number of nitrogens with zero attached hydrogens (tertiary/aromatic N) is 1. The number of carbonyl (C=O) groups excluding carboxylic acids is 1. The van der Waals surface area contributed by atoms with Crippen molar-refractivity contribution < 1.29 is 9.53 Å². The molecule has 0 aliphatic heterocycles. The quantitative estimate of drug-likeness (QED) is 0.761. The Morgan fingerprint density at radius 3 is 2.62 bits per heavy atom. The Kier molecular flexibility index (Phi) is 7.83. The van der Waals surface area contributed by atoms with Crippen LogP contribution in [0.2, 0.25) is 0 Å². The minimum atomic E-state index is 0.0867. The fraction of sp³-hybridized carbons (Fsp3) is 0.588. The second-order valence-corrected chi connectivity index (χ2v) is 5.34. The standard InChI is InChI=1S/C17H28N2O2/c1-5-12-18-15(6-2)14-9-7-8-10-16(14)21-13-11-17(20)19(3)4/h7-10,15,18H,5-6,11-13H2,1-4H3. The third kappa shape index (κ3) is 5.76. The number of hydrogen-bond acceptors (Lipinski definition) is 3. The molecule has 0 fully saturated rings. The Balaban J connectivity index is 2.67. The summed E-state index contributed by atoms with van der Waals surface area (Å²) in [5.74, 6) is 0.961. The number of amides is 1. The molecule has 1 atom stereocenters. The van der Waals surface area contributed by atoms with Gasteiger partial charge in [0.25, 0.3) is 0 Å². The number of para-hydroxylation sites is 1. The Labute approximate surface area is 128 Å². The predicted molar refractivity (Wildman–Crippen MR) is 86.6 cm³/mol. The van der Waals surface area contributed by atoms with Gasteiger partial charge in [-0.25, -0.2) is 0 Å². The number of benzene rings is 1. The third-order valence-corrected chi connectivity index (χ3v) is 3.42. The molecular weight excluding hydrogens is 264 g/mol. The largest absolute Gasteiger partial charge is 0.493 e. The topological polar surface area (TPSA) is 41.6 Å². The molecule has 4 nitrogen and oxygen atoms in total. The van der Waals surface area contributed by atoms with Gasteiger partial charge in [0.15, 0.2) is 0 Å². The van der Waals surface area contributed by atoms with E-state index < -0.39 is 0 Å². The van der Waals surface area contributed by atoms with E-state index in [1.165, 1.54) is 5.56 Å². The zero-order valence-electron chi connectivity index (χ0n) is 13.7. The van der Waals surface area contributed by atoms with Gasteiger partial charge < -0.3 is 15.0 Å². The molecule has 1 unspecified atom stereocenters. The van der Waals surface area contributed by atoms with Gasteiger partial charge in [-0.1, -0.05) is 32.0 Å². The molecule has 4 heteroatoms. The smallest absolute Gasteiger partial charge is 0.225 e. The summed E-state index contributed by atoms with van der Waals surface area (Å²) >= 11 is 0. The van der Waals surface area contributed by atoms with Crippen LogP contribution in [0.1, 0.15) is 44.7 Å². The van der Waals surface area contributed by atoms with Crippen molar-refractivity contribution in [3.8, 4) is 5.75 Å². The maximum absolute atomic E-state index is 11.6. The molecule has 0 bridgehead atoms. The molecule has 1 aromatic rings. The van der Waals surface area contributed by atoms with Gasteiger partial charge >= 0.3 is 0 Å². The molecule has 0 aliphatic carbocycles. The molecule has 0 spiro atoms. The molecule has 0 aliphatic rings. The van der Waals surface area contributed by atoms with E-state index in [1.54, 1.807) is 19.0 Å². The van der Waals surface area contributed by atoms with Crippen molar-refractivity contribution in [2.75, 3.05) is 27.2 Å². The zero-order valence-corrected chi connectivity index (χ0v) is 13.7. The Hall–Kier alpha value is -1.55. The van der Waals surface area contributed by atoms with Gasteiger partial charge in [0.1, 0.15) is 5.75 Å². The van der Waals surface area contributed by atoms with Gasteiger partial charge in [-0.3, -0.25) is 4.79 Å². The van der Waals surface area contributed by atoms with E-state index in [0.717, 1.165) is 25.1 Å². The van der Waals surface area contributed by atoms with Crippen LogP contribution >= 0.6 is 0 Å². The van der Waals surface area contributed by atoms with Crippen molar-refractivity contribution in [2.45, 2.75) is 39.2 Å². The van der Waals surface area contributed by atoms with E-state index in [4.69, 9.17) is 4.74 Å². The summed E-state index contributed by atoms with van der Waals surface area (Å²) in [6, 6.07) is 8.37. The van der Waals surface area contributed by atoms with Crippen molar-refractivity contribution in [1.29, 1.82) is 0 Å². The molecule has 1 aromatic carbocycles. The highest BCUT2D eigenvalue weighted by atomic mass is 16.5. The lowest BCUT2D eigenvalue weighted by Crippen LogP contribution is -2.24. The first-order chi connectivity index (χ1) is 10.1. The zero-order chi connectivity index (χ0) is 15.7. The molecule has 0 aromatic heterocycles. The van der Waals surface area contributed by atoms with Crippen LogP contribution < -0.4 is 10.1 Å². The number of rotatable bonds is 9. The van der Waals surface area contributed by atoms with Crippen LogP contribution in [-0.2, 0) is 4.79 Å². The van der Waals surface area contributed by atoms with Crippen LogP contribution in [0.15, 0.2) is 24.3 Å². The van der Waals surface area contributed by atoms with Gasteiger partial charge in [-0.05, 0) is 25.5 Å². The van der Waals surface area contributed by atoms with E-state index in [0.29, 0.717) is 19.1 Å². The number of carbonyl (C=O) groups is 1. The van der Waals surface area contributed by atoms with Crippen molar-refractivity contribution in [1.82, 2.24) is 10.2 Å².